The number of furan rings is 1. The number of hydrogen-bond acceptors (Lipinski definition) is 3. The van der Waals surface area contributed by atoms with Crippen LogP contribution in [0.3, 0.4) is 0 Å². The number of cyclic esters (lactones) is 1. The van der Waals surface area contributed by atoms with Crippen LogP contribution in [0.5, 0.6) is 0 Å². The lowest BCUT2D eigenvalue weighted by Crippen LogP contribution is -1.95. The van der Waals surface area contributed by atoms with Gasteiger partial charge in [0.05, 0.1) is 5.57 Å². The van der Waals surface area contributed by atoms with Crippen LogP contribution in [0.2, 0.25) is 0 Å². The molecule has 0 bridgehead atoms. The molecule has 0 radical (unpaired) electrons. The highest BCUT2D eigenvalue weighted by Gasteiger charge is 2.18. The van der Waals surface area contributed by atoms with E-state index in [-0.39, 0.29) is 5.97 Å². The third-order valence-corrected chi connectivity index (χ3v) is 3.43. The molecule has 0 saturated heterocycles. The van der Waals surface area contributed by atoms with Crippen molar-refractivity contribution in [1.82, 2.24) is 0 Å². The highest BCUT2D eigenvalue weighted by Crippen LogP contribution is 2.26. The molecule has 0 unspecified atom stereocenters. The number of benzene rings is 1. The van der Waals surface area contributed by atoms with Crippen molar-refractivity contribution < 1.29 is 13.9 Å². The van der Waals surface area contributed by atoms with Crippen molar-refractivity contribution in [3.63, 3.8) is 0 Å². The molecule has 0 amide bonds. The maximum absolute atomic E-state index is 11.5. The molecule has 0 aliphatic carbocycles. The lowest BCUT2D eigenvalue weighted by atomic mass is 10.2. The van der Waals surface area contributed by atoms with Gasteiger partial charge in [-0.3, -0.25) is 0 Å². The minimum Gasteiger partial charge on any atom is -0.457 e. The molecule has 0 spiro atoms. The highest BCUT2D eigenvalue weighted by atomic mass is 79.9. The fourth-order valence-electron chi connectivity index (χ4n) is 1.97. The maximum Gasteiger partial charge on any atom is 0.343 e. The van der Waals surface area contributed by atoms with Gasteiger partial charge in [0.2, 0.25) is 0 Å². The second kappa shape index (κ2) is 5.13. The van der Waals surface area contributed by atoms with Gasteiger partial charge in [-0.1, -0.05) is 28.1 Å². The first-order valence-corrected chi connectivity index (χ1v) is 6.89. The number of ether oxygens (including phenoxy) is 1. The fourth-order valence-corrected chi connectivity index (χ4v) is 2.23. The lowest BCUT2D eigenvalue weighted by Gasteiger charge is -1.96. The Morgan fingerprint density at radius 3 is 2.50 bits per heavy atom. The molecule has 0 N–H and O–H groups in total. The summed E-state index contributed by atoms with van der Waals surface area (Å²) in [6, 6.07) is 11.6. The Labute approximate surface area is 124 Å². The Bertz CT molecular complexity index is 720. The Morgan fingerprint density at radius 1 is 1.10 bits per heavy atom. The Balaban J connectivity index is 1.89. The van der Waals surface area contributed by atoms with Crippen molar-refractivity contribution >= 4 is 28.0 Å². The first-order chi connectivity index (χ1) is 9.61. The van der Waals surface area contributed by atoms with Crippen LogP contribution in [0.4, 0.5) is 0 Å². The van der Waals surface area contributed by atoms with Crippen LogP contribution < -0.4 is 0 Å². The van der Waals surface area contributed by atoms with Gasteiger partial charge in [0, 0.05) is 10.0 Å². The number of carbonyl (C=O) groups excluding carboxylic acids is 1. The summed E-state index contributed by atoms with van der Waals surface area (Å²) in [5.74, 6) is 1.64. The Kier molecular flexibility index (Phi) is 3.32. The topological polar surface area (TPSA) is 39.4 Å². The summed E-state index contributed by atoms with van der Waals surface area (Å²) >= 11 is 3.40. The van der Waals surface area contributed by atoms with Gasteiger partial charge in [-0.15, -0.1) is 0 Å². The summed E-state index contributed by atoms with van der Waals surface area (Å²) < 4.78 is 11.7. The molecule has 4 heteroatoms. The van der Waals surface area contributed by atoms with E-state index in [1.807, 2.05) is 36.4 Å². The van der Waals surface area contributed by atoms with Crippen molar-refractivity contribution in [2.75, 3.05) is 0 Å². The normalized spacial score (nSPS) is 16.4. The van der Waals surface area contributed by atoms with Crippen molar-refractivity contribution in [3.05, 3.63) is 64.0 Å². The molecule has 0 atom stereocenters. The number of allylic oxidation sites excluding steroid dienone is 1. The average molecular weight is 331 g/mol. The van der Waals surface area contributed by atoms with E-state index in [1.165, 1.54) is 0 Å². The molecule has 3 nitrogen and oxygen atoms in total. The number of carbonyl (C=O) groups is 1. The van der Waals surface area contributed by atoms with Gasteiger partial charge in [0.25, 0.3) is 0 Å². The van der Waals surface area contributed by atoms with E-state index >= 15 is 0 Å². The molecule has 1 aromatic carbocycles. The minimum absolute atomic E-state index is 0.343. The summed E-state index contributed by atoms with van der Waals surface area (Å²) in [7, 11) is 0. The van der Waals surface area contributed by atoms with Crippen LogP contribution in [0, 0.1) is 0 Å². The van der Waals surface area contributed by atoms with E-state index < -0.39 is 0 Å². The van der Waals surface area contributed by atoms with Crippen LogP contribution >= 0.6 is 15.9 Å². The van der Waals surface area contributed by atoms with E-state index in [4.69, 9.17) is 9.15 Å². The quantitative estimate of drug-likeness (QED) is 0.598. The van der Waals surface area contributed by atoms with Crippen LogP contribution in [0.15, 0.2) is 62.7 Å². The summed E-state index contributed by atoms with van der Waals surface area (Å²) in [6.07, 6.45) is 3.38. The van der Waals surface area contributed by atoms with Crippen LogP contribution in [-0.2, 0) is 9.53 Å². The number of esters is 1. The van der Waals surface area contributed by atoms with E-state index in [0.717, 1.165) is 15.8 Å². The second-order valence-electron chi connectivity index (χ2n) is 4.45. The van der Waals surface area contributed by atoms with Gasteiger partial charge in [-0.2, -0.15) is 0 Å². The third kappa shape index (κ3) is 2.60. The molecule has 1 aliphatic rings. The van der Waals surface area contributed by atoms with Crippen molar-refractivity contribution in [1.29, 1.82) is 0 Å². The largest absolute Gasteiger partial charge is 0.457 e. The van der Waals surface area contributed by atoms with Crippen LogP contribution in [0.25, 0.3) is 17.4 Å². The first kappa shape index (κ1) is 12.9. The molecule has 1 aliphatic heterocycles. The Hall–Kier alpha value is -2.07. The molecule has 1 aromatic heterocycles. The van der Waals surface area contributed by atoms with Crippen molar-refractivity contribution in [3.8, 4) is 11.3 Å². The van der Waals surface area contributed by atoms with E-state index in [1.54, 1.807) is 19.1 Å². The standard InChI is InChI=1S/C16H11BrO3/c1-10-8-12(16(18)19-10)9-14-6-7-15(20-14)11-2-4-13(17)5-3-11/h2-9H,1H3. The van der Waals surface area contributed by atoms with Gasteiger partial charge in [0.1, 0.15) is 17.3 Å². The average Bonchev–Trinajstić information content (AvgIpc) is 2.98. The second-order valence-corrected chi connectivity index (χ2v) is 5.37. The molecule has 2 aromatic rings. The molecule has 20 heavy (non-hydrogen) atoms. The van der Waals surface area contributed by atoms with Gasteiger partial charge >= 0.3 is 5.97 Å². The molecule has 3 rings (SSSR count). The predicted octanol–water partition coefficient (Wildman–Crippen LogP) is 4.55. The van der Waals surface area contributed by atoms with Crippen LogP contribution in [0.1, 0.15) is 12.7 Å². The van der Waals surface area contributed by atoms with Crippen LogP contribution in [-0.4, -0.2) is 5.97 Å². The number of halogens is 1. The lowest BCUT2D eigenvalue weighted by molar-refractivity contribution is -0.133. The minimum atomic E-state index is -0.343. The summed E-state index contributed by atoms with van der Waals surface area (Å²) in [6.45, 7) is 1.74. The fraction of sp³-hybridized carbons (Fsp3) is 0.0625. The molecule has 0 saturated carbocycles. The number of rotatable bonds is 2. The summed E-state index contributed by atoms with van der Waals surface area (Å²) in [4.78, 5) is 11.5. The Morgan fingerprint density at radius 2 is 1.85 bits per heavy atom. The van der Waals surface area contributed by atoms with E-state index in [2.05, 4.69) is 15.9 Å². The zero-order valence-corrected chi connectivity index (χ0v) is 12.3. The zero-order valence-electron chi connectivity index (χ0n) is 10.7. The maximum atomic E-state index is 11.5. The highest BCUT2D eigenvalue weighted by molar-refractivity contribution is 9.10. The van der Waals surface area contributed by atoms with Crippen molar-refractivity contribution in [2.24, 2.45) is 0 Å². The summed E-state index contributed by atoms with van der Waals surface area (Å²) in [5.41, 5.74) is 1.48. The van der Waals surface area contributed by atoms with Gasteiger partial charge in [0.15, 0.2) is 0 Å². The molecule has 100 valence electrons. The smallest absolute Gasteiger partial charge is 0.343 e. The molecule has 2 heterocycles. The summed E-state index contributed by atoms with van der Waals surface area (Å²) in [5, 5.41) is 0. The molecular weight excluding hydrogens is 320 g/mol. The van der Waals surface area contributed by atoms with E-state index in [0.29, 0.717) is 17.1 Å². The third-order valence-electron chi connectivity index (χ3n) is 2.90. The van der Waals surface area contributed by atoms with Gasteiger partial charge < -0.3 is 9.15 Å². The van der Waals surface area contributed by atoms with E-state index in [9.17, 15) is 4.79 Å². The zero-order chi connectivity index (χ0) is 14.1. The van der Waals surface area contributed by atoms with Gasteiger partial charge in [-0.25, -0.2) is 4.79 Å². The predicted molar refractivity (Wildman–Crippen MR) is 79.7 cm³/mol. The van der Waals surface area contributed by atoms with Gasteiger partial charge in [-0.05, 0) is 43.3 Å². The number of hydrogen-bond donors (Lipinski definition) is 0. The van der Waals surface area contributed by atoms with Crippen molar-refractivity contribution in [2.45, 2.75) is 6.92 Å². The molecular formula is C16H11BrO3. The molecule has 0 fully saturated rings. The SMILES string of the molecule is CC1=CC(=Cc2ccc(-c3ccc(Br)cc3)o2)C(=O)O1. The first-order valence-electron chi connectivity index (χ1n) is 6.10. The monoisotopic (exact) mass is 330 g/mol.